The van der Waals surface area contributed by atoms with Crippen LogP contribution in [0.3, 0.4) is 0 Å². The second kappa shape index (κ2) is 5.97. The summed E-state index contributed by atoms with van der Waals surface area (Å²) in [5.74, 6) is 1.34. The maximum Gasteiger partial charge on any atom is 0.329 e. The minimum Gasteiger partial charge on any atom is -0.497 e. The zero-order chi connectivity index (χ0) is 13.8. The number of imide groups is 1. The molecule has 0 aliphatic carbocycles. The molecule has 1 aromatic carbocycles. The third kappa shape index (κ3) is 2.84. The number of nitrogens with one attached hydrogen (secondary N) is 1. The summed E-state index contributed by atoms with van der Waals surface area (Å²) in [6, 6.07) is 6.08. The number of carbonyl (C=O) groups excluding carboxylic acids is 2. The molecule has 1 heterocycles. The fourth-order valence-electron chi connectivity index (χ4n) is 1.94. The van der Waals surface area contributed by atoms with Crippen molar-refractivity contribution in [2.75, 3.05) is 24.0 Å². The SMILES string of the molecule is COc1ccc(N2C(=O)NC(CCSC)C2=O)cc1. The summed E-state index contributed by atoms with van der Waals surface area (Å²) in [6.07, 6.45) is 2.63. The lowest BCUT2D eigenvalue weighted by Gasteiger charge is -2.13. The molecule has 0 aromatic heterocycles. The lowest BCUT2D eigenvalue weighted by Crippen LogP contribution is -2.31. The monoisotopic (exact) mass is 280 g/mol. The first-order chi connectivity index (χ1) is 9.17. The Balaban J connectivity index is 2.14. The van der Waals surface area contributed by atoms with Crippen LogP contribution in [0.4, 0.5) is 10.5 Å². The Kier molecular flexibility index (Phi) is 4.31. The van der Waals surface area contributed by atoms with Crippen molar-refractivity contribution in [1.82, 2.24) is 5.32 Å². The molecule has 1 aliphatic heterocycles. The number of hydrogen-bond donors (Lipinski definition) is 1. The highest BCUT2D eigenvalue weighted by Gasteiger charge is 2.38. The quantitative estimate of drug-likeness (QED) is 0.837. The van der Waals surface area contributed by atoms with E-state index in [1.807, 2.05) is 6.26 Å². The van der Waals surface area contributed by atoms with Gasteiger partial charge in [0.2, 0.25) is 0 Å². The molecule has 0 saturated carbocycles. The predicted octanol–water partition coefficient (Wildman–Crippen LogP) is 1.87. The number of carbonyl (C=O) groups is 2. The number of hydrogen-bond acceptors (Lipinski definition) is 4. The van der Waals surface area contributed by atoms with E-state index in [2.05, 4.69) is 5.32 Å². The van der Waals surface area contributed by atoms with Crippen molar-refractivity contribution in [2.24, 2.45) is 0 Å². The molecule has 1 aromatic rings. The molecule has 5 nitrogen and oxygen atoms in total. The Hall–Kier alpha value is -1.69. The molecule has 2 rings (SSSR count). The van der Waals surface area contributed by atoms with Gasteiger partial charge in [-0.15, -0.1) is 0 Å². The van der Waals surface area contributed by atoms with E-state index in [4.69, 9.17) is 4.74 Å². The van der Waals surface area contributed by atoms with E-state index < -0.39 is 6.04 Å². The van der Waals surface area contributed by atoms with Crippen LogP contribution in [0, 0.1) is 0 Å². The first-order valence-corrected chi connectivity index (χ1v) is 7.34. The minimum absolute atomic E-state index is 0.191. The number of rotatable bonds is 5. The molecule has 102 valence electrons. The van der Waals surface area contributed by atoms with Gasteiger partial charge in [-0.25, -0.2) is 9.69 Å². The van der Waals surface area contributed by atoms with Crippen molar-refractivity contribution in [3.8, 4) is 5.75 Å². The first kappa shape index (κ1) is 13.7. The number of methoxy groups -OCH3 is 1. The highest BCUT2D eigenvalue weighted by molar-refractivity contribution is 7.98. The van der Waals surface area contributed by atoms with Gasteiger partial charge in [-0.3, -0.25) is 4.79 Å². The van der Waals surface area contributed by atoms with Gasteiger partial charge in [0, 0.05) is 0 Å². The largest absolute Gasteiger partial charge is 0.497 e. The topological polar surface area (TPSA) is 58.6 Å². The molecule has 1 fully saturated rings. The molecule has 1 N–H and O–H groups in total. The lowest BCUT2D eigenvalue weighted by molar-refractivity contribution is -0.118. The standard InChI is InChI=1S/C13H16N2O3S/c1-18-10-5-3-9(4-6-10)15-12(16)11(7-8-19-2)14-13(15)17/h3-6,11H,7-8H2,1-2H3,(H,14,17). The van der Waals surface area contributed by atoms with E-state index >= 15 is 0 Å². The molecule has 19 heavy (non-hydrogen) atoms. The minimum atomic E-state index is -0.415. The number of nitrogens with zero attached hydrogens (tertiary/aromatic N) is 1. The van der Waals surface area contributed by atoms with Crippen LogP contribution in [0.15, 0.2) is 24.3 Å². The number of anilines is 1. The zero-order valence-electron chi connectivity index (χ0n) is 10.9. The summed E-state index contributed by atoms with van der Waals surface area (Å²) >= 11 is 1.66. The smallest absolute Gasteiger partial charge is 0.329 e. The Morgan fingerprint density at radius 1 is 1.32 bits per heavy atom. The van der Waals surface area contributed by atoms with Gasteiger partial charge in [0.15, 0.2) is 0 Å². The molecule has 0 radical (unpaired) electrons. The van der Waals surface area contributed by atoms with Crippen LogP contribution in [0.25, 0.3) is 0 Å². The molecule has 1 atom stereocenters. The maximum atomic E-state index is 12.2. The Bertz CT molecular complexity index is 475. The van der Waals surface area contributed by atoms with Gasteiger partial charge in [0.05, 0.1) is 12.8 Å². The summed E-state index contributed by atoms with van der Waals surface area (Å²) in [5.41, 5.74) is 0.565. The molecule has 6 heteroatoms. The molecule has 1 aliphatic rings. The molecule has 0 spiro atoms. The van der Waals surface area contributed by atoms with E-state index in [1.165, 1.54) is 4.90 Å². The molecular formula is C13H16N2O3S. The van der Waals surface area contributed by atoms with E-state index in [-0.39, 0.29) is 11.9 Å². The van der Waals surface area contributed by atoms with E-state index in [9.17, 15) is 9.59 Å². The highest BCUT2D eigenvalue weighted by Crippen LogP contribution is 2.23. The van der Waals surface area contributed by atoms with Crippen LogP contribution >= 0.6 is 11.8 Å². The summed E-state index contributed by atoms with van der Waals surface area (Å²) in [6.45, 7) is 0. The van der Waals surface area contributed by atoms with Gasteiger partial charge >= 0.3 is 6.03 Å². The second-order valence-electron chi connectivity index (χ2n) is 4.16. The maximum absolute atomic E-state index is 12.2. The predicted molar refractivity (Wildman–Crippen MR) is 75.8 cm³/mol. The average molecular weight is 280 g/mol. The fourth-order valence-corrected chi connectivity index (χ4v) is 2.41. The average Bonchev–Trinajstić information content (AvgIpc) is 2.71. The molecule has 1 unspecified atom stereocenters. The molecule has 3 amide bonds. The van der Waals surface area contributed by atoms with Gasteiger partial charge in [-0.2, -0.15) is 11.8 Å². The van der Waals surface area contributed by atoms with Crippen LogP contribution in [-0.2, 0) is 4.79 Å². The highest BCUT2D eigenvalue weighted by atomic mass is 32.2. The molecule has 1 saturated heterocycles. The summed E-state index contributed by atoms with van der Waals surface area (Å²) in [4.78, 5) is 25.2. The third-order valence-corrected chi connectivity index (χ3v) is 3.60. The second-order valence-corrected chi connectivity index (χ2v) is 5.14. The Labute approximate surface area is 116 Å². The van der Waals surface area contributed by atoms with E-state index in [0.717, 1.165) is 5.75 Å². The van der Waals surface area contributed by atoms with Crippen LogP contribution < -0.4 is 15.0 Å². The zero-order valence-corrected chi connectivity index (χ0v) is 11.7. The summed E-state index contributed by atoms with van der Waals surface area (Å²) in [7, 11) is 1.57. The fraction of sp³-hybridized carbons (Fsp3) is 0.385. The molecular weight excluding hydrogens is 264 g/mol. The Morgan fingerprint density at radius 2 is 2.00 bits per heavy atom. The van der Waals surface area contributed by atoms with Gasteiger partial charge in [-0.1, -0.05) is 0 Å². The number of amides is 3. The molecule has 0 bridgehead atoms. The van der Waals surface area contributed by atoms with Crippen LogP contribution in [0.2, 0.25) is 0 Å². The summed E-state index contributed by atoms with van der Waals surface area (Å²) < 4.78 is 5.05. The third-order valence-electron chi connectivity index (χ3n) is 2.96. The van der Waals surface area contributed by atoms with Crippen LogP contribution in [0.5, 0.6) is 5.75 Å². The van der Waals surface area contributed by atoms with Crippen LogP contribution in [0.1, 0.15) is 6.42 Å². The van der Waals surface area contributed by atoms with Crippen LogP contribution in [-0.4, -0.2) is 37.1 Å². The van der Waals surface area contributed by atoms with Crippen molar-refractivity contribution < 1.29 is 14.3 Å². The number of urea groups is 1. The van der Waals surface area contributed by atoms with Crippen molar-refractivity contribution in [3.63, 3.8) is 0 Å². The van der Waals surface area contributed by atoms with Crippen molar-refractivity contribution >= 4 is 29.4 Å². The van der Waals surface area contributed by atoms with Crippen molar-refractivity contribution in [3.05, 3.63) is 24.3 Å². The number of thioether (sulfide) groups is 1. The van der Waals surface area contributed by atoms with Crippen molar-refractivity contribution in [2.45, 2.75) is 12.5 Å². The number of ether oxygens (including phenoxy) is 1. The first-order valence-electron chi connectivity index (χ1n) is 5.95. The Morgan fingerprint density at radius 3 is 2.58 bits per heavy atom. The number of benzene rings is 1. The summed E-state index contributed by atoms with van der Waals surface area (Å²) in [5, 5.41) is 2.71. The van der Waals surface area contributed by atoms with Crippen molar-refractivity contribution in [1.29, 1.82) is 0 Å². The lowest BCUT2D eigenvalue weighted by atomic mass is 10.2. The van der Waals surface area contributed by atoms with Gasteiger partial charge in [0.25, 0.3) is 5.91 Å². The van der Waals surface area contributed by atoms with Gasteiger partial charge in [-0.05, 0) is 42.7 Å². The van der Waals surface area contributed by atoms with Gasteiger partial charge < -0.3 is 10.1 Å². The normalized spacial score (nSPS) is 18.6. The van der Waals surface area contributed by atoms with E-state index in [0.29, 0.717) is 17.9 Å². The van der Waals surface area contributed by atoms with E-state index in [1.54, 1.807) is 43.1 Å². The van der Waals surface area contributed by atoms with Gasteiger partial charge in [0.1, 0.15) is 11.8 Å².